The van der Waals surface area contributed by atoms with Crippen LogP contribution in [0.3, 0.4) is 0 Å². The Morgan fingerprint density at radius 1 is 0.815 bits per heavy atom. The zero-order valence-electron chi connectivity index (χ0n) is 14.2. The molecule has 0 aliphatic carbocycles. The normalized spacial score (nSPS) is 11.4. The van der Waals surface area contributed by atoms with Gasteiger partial charge in [0.05, 0.1) is 4.90 Å². The van der Waals surface area contributed by atoms with Crippen molar-refractivity contribution in [3.05, 3.63) is 90.5 Å². The fourth-order valence-corrected chi connectivity index (χ4v) is 3.62. The van der Waals surface area contributed by atoms with Gasteiger partial charge in [-0.15, -0.1) is 0 Å². The third-order valence-corrected chi connectivity index (χ3v) is 5.36. The maximum Gasteiger partial charge on any atom is 0.261 e. The Balaban J connectivity index is 1.75. The van der Waals surface area contributed by atoms with Gasteiger partial charge in [0.15, 0.2) is 0 Å². The van der Waals surface area contributed by atoms with E-state index in [0.29, 0.717) is 11.3 Å². The van der Waals surface area contributed by atoms with Crippen molar-refractivity contribution in [2.75, 3.05) is 4.72 Å². The molecular weight excluding hydrogens is 382 g/mol. The molecule has 3 rings (SSSR count). The van der Waals surface area contributed by atoms with Crippen LogP contribution >= 0.6 is 11.6 Å². The number of carbonyl (C=O) groups is 1. The molecule has 3 aromatic rings. The van der Waals surface area contributed by atoms with Gasteiger partial charge in [-0.25, -0.2) is 8.42 Å². The Kier molecular flexibility index (Phi) is 5.74. The molecule has 3 aromatic carbocycles. The van der Waals surface area contributed by atoms with Crippen LogP contribution in [0, 0.1) is 0 Å². The average Bonchev–Trinajstić information content (AvgIpc) is 2.68. The summed E-state index contributed by atoms with van der Waals surface area (Å²) in [6, 6.07) is 23.2. The first kappa shape index (κ1) is 18.9. The fourth-order valence-electron chi connectivity index (χ4n) is 2.50. The highest BCUT2D eigenvalue weighted by Crippen LogP contribution is 2.23. The second kappa shape index (κ2) is 8.20. The topological polar surface area (TPSA) is 63.2 Å². The average molecular weight is 398 g/mol. The molecule has 27 heavy (non-hydrogen) atoms. The summed E-state index contributed by atoms with van der Waals surface area (Å²) in [6.07, 6.45) is 2.72. The molecule has 0 unspecified atom stereocenters. The Labute approximate surface area is 163 Å². The van der Waals surface area contributed by atoms with Gasteiger partial charge in [-0.3, -0.25) is 9.52 Å². The van der Waals surface area contributed by atoms with Crippen LogP contribution < -0.4 is 4.72 Å². The highest BCUT2D eigenvalue weighted by atomic mass is 35.5. The smallest absolute Gasteiger partial charge is 0.261 e. The van der Waals surface area contributed by atoms with E-state index in [1.165, 1.54) is 24.3 Å². The number of rotatable bonds is 6. The number of allylic oxidation sites excluding steroid dienone is 1. The van der Waals surface area contributed by atoms with E-state index in [9.17, 15) is 13.2 Å². The summed E-state index contributed by atoms with van der Waals surface area (Å²) in [4.78, 5) is 10.9. The van der Waals surface area contributed by atoms with E-state index in [-0.39, 0.29) is 4.90 Å². The van der Waals surface area contributed by atoms with Crippen LogP contribution in [0.25, 0.3) is 17.2 Å². The van der Waals surface area contributed by atoms with Crippen molar-refractivity contribution in [2.24, 2.45) is 0 Å². The maximum atomic E-state index is 12.5. The lowest BCUT2D eigenvalue weighted by Gasteiger charge is -2.09. The van der Waals surface area contributed by atoms with Gasteiger partial charge in [0.25, 0.3) is 10.0 Å². The number of nitrogens with one attached hydrogen (secondary N) is 1. The lowest BCUT2D eigenvalue weighted by atomic mass is 10.1. The van der Waals surface area contributed by atoms with Crippen molar-refractivity contribution in [3.8, 4) is 11.1 Å². The van der Waals surface area contributed by atoms with Crippen molar-refractivity contribution in [1.82, 2.24) is 0 Å². The molecular formula is C21H16ClNO3S. The van der Waals surface area contributed by atoms with Gasteiger partial charge < -0.3 is 0 Å². The molecule has 0 amide bonds. The van der Waals surface area contributed by atoms with Crippen LogP contribution in [-0.4, -0.2) is 13.7 Å². The van der Waals surface area contributed by atoms with Gasteiger partial charge in [-0.1, -0.05) is 60.7 Å². The van der Waals surface area contributed by atoms with Gasteiger partial charge in [0, 0.05) is 5.69 Å². The molecule has 1 N–H and O–H groups in total. The summed E-state index contributed by atoms with van der Waals surface area (Å²) in [5.74, 6) is 0. The van der Waals surface area contributed by atoms with Gasteiger partial charge >= 0.3 is 0 Å². The van der Waals surface area contributed by atoms with E-state index in [0.717, 1.165) is 11.1 Å². The third-order valence-electron chi connectivity index (χ3n) is 3.84. The molecule has 0 aliphatic heterocycles. The van der Waals surface area contributed by atoms with Gasteiger partial charge in [0.2, 0.25) is 5.24 Å². The number of hydrogen-bond donors (Lipinski definition) is 1. The molecule has 0 heterocycles. The summed E-state index contributed by atoms with van der Waals surface area (Å²) in [5.41, 5.74) is 3.22. The number of benzene rings is 3. The molecule has 0 radical (unpaired) electrons. The molecule has 136 valence electrons. The first-order valence-corrected chi connectivity index (χ1v) is 9.96. The zero-order valence-corrected chi connectivity index (χ0v) is 15.7. The predicted molar refractivity (Wildman–Crippen MR) is 109 cm³/mol. The second-order valence-corrected chi connectivity index (χ2v) is 7.81. The number of halogens is 1. The predicted octanol–water partition coefficient (Wildman–Crippen LogP) is 4.93. The summed E-state index contributed by atoms with van der Waals surface area (Å²) >= 11 is 5.24. The van der Waals surface area contributed by atoms with E-state index in [4.69, 9.17) is 11.6 Å². The van der Waals surface area contributed by atoms with E-state index in [1.807, 2.05) is 42.5 Å². The van der Waals surface area contributed by atoms with E-state index < -0.39 is 15.3 Å². The minimum Gasteiger partial charge on any atom is -0.280 e. The van der Waals surface area contributed by atoms with Crippen molar-refractivity contribution in [3.63, 3.8) is 0 Å². The Hall–Kier alpha value is -2.89. The van der Waals surface area contributed by atoms with Crippen molar-refractivity contribution in [2.45, 2.75) is 4.90 Å². The maximum absolute atomic E-state index is 12.5. The van der Waals surface area contributed by atoms with Gasteiger partial charge in [0.1, 0.15) is 0 Å². The third kappa shape index (κ3) is 5.06. The van der Waals surface area contributed by atoms with Gasteiger partial charge in [-0.05, 0) is 58.6 Å². The molecule has 0 aliphatic rings. The lowest BCUT2D eigenvalue weighted by Crippen LogP contribution is -2.12. The van der Waals surface area contributed by atoms with E-state index in [2.05, 4.69) is 4.72 Å². The van der Waals surface area contributed by atoms with Crippen LogP contribution in [0.2, 0.25) is 0 Å². The zero-order chi connectivity index (χ0) is 19.3. The summed E-state index contributed by atoms with van der Waals surface area (Å²) < 4.78 is 27.6. The molecule has 6 heteroatoms. The van der Waals surface area contributed by atoms with E-state index >= 15 is 0 Å². The Bertz CT molecular complexity index is 1060. The summed E-state index contributed by atoms with van der Waals surface area (Å²) in [6.45, 7) is 0. The van der Waals surface area contributed by atoms with Crippen molar-refractivity contribution in [1.29, 1.82) is 0 Å². The highest BCUT2D eigenvalue weighted by Gasteiger charge is 2.13. The first-order valence-electron chi connectivity index (χ1n) is 8.10. The van der Waals surface area contributed by atoms with Crippen LogP contribution in [0.5, 0.6) is 0 Å². The van der Waals surface area contributed by atoms with Crippen LogP contribution in [0.4, 0.5) is 5.69 Å². The molecule has 0 saturated heterocycles. The molecule has 0 saturated carbocycles. The molecule has 0 aromatic heterocycles. The number of anilines is 1. The van der Waals surface area contributed by atoms with Crippen molar-refractivity contribution >= 4 is 38.6 Å². The lowest BCUT2D eigenvalue weighted by molar-refractivity contribution is -0.107. The number of sulfonamides is 1. The minimum atomic E-state index is -3.71. The van der Waals surface area contributed by atoms with E-state index in [1.54, 1.807) is 24.3 Å². The molecule has 0 atom stereocenters. The second-order valence-electron chi connectivity index (χ2n) is 5.76. The Morgan fingerprint density at radius 3 is 2.00 bits per heavy atom. The molecule has 4 nitrogen and oxygen atoms in total. The number of hydrogen-bond acceptors (Lipinski definition) is 3. The SMILES string of the molecule is O=C(Cl)C=Cc1ccc(S(=O)(=O)Nc2ccc(-c3ccccc3)cc2)cc1. The number of carbonyl (C=O) groups excluding carboxylic acids is 1. The summed E-state index contributed by atoms with van der Waals surface area (Å²) in [5, 5.41) is -0.590. The highest BCUT2D eigenvalue weighted by molar-refractivity contribution is 7.92. The summed E-state index contributed by atoms with van der Waals surface area (Å²) in [7, 11) is -3.71. The largest absolute Gasteiger partial charge is 0.280 e. The minimum absolute atomic E-state index is 0.129. The van der Waals surface area contributed by atoms with Gasteiger partial charge in [-0.2, -0.15) is 0 Å². The standard InChI is InChI=1S/C21H16ClNO3S/c22-21(24)15-8-16-6-13-20(14-7-16)27(25,26)23-19-11-9-18(10-12-19)17-4-2-1-3-5-17/h1-15,23H. The first-order chi connectivity index (χ1) is 12.9. The van der Waals surface area contributed by atoms with Crippen LogP contribution in [-0.2, 0) is 14.8 Å². The van der Waals surface area contributed by atoms with Crippen LogP contribution in [0.15, 0.2) is 89.8 Å². The molecule has 0 spiro atoms. The molecule has 0 bridgehead atoms. The Morgan fingerprint density at radius 2 is 1.41 bits per heavy atom. The monoisotopic (exact) mass is 397 g/mol. The fraction of sp³-hybridized carbons (Fsp3) is 0. The van der Waals surface area contributed by atoms with Crippen molar-refractivity contribution < 1.29 is 13.2 Å². The quantitative estimate of drug-likeness (QED) is 0.473. The van der Waals surface area contributed by atoms with Crippen LogP contribution in [0.1, 0.15) is 5.56 Å². The molecule has 0 fully saturated rings.